The number of aromatic nitrogens is 3. The van der Waals surface area contributed by atoms with E-state index in [4.69, 9.17) is 5.73 Å². The lowest BCUT2D eigenvalue weighted by Crippen LogP contribution is -2.45. The average molecular weight is 225 g/mol. The summed E-state index contributed by atoms with van der Waals surface area (Å²) >= 11 is 0. The van der Waals surface area contributed by atoms with Gasteiger partial charge in [-0.3, -0.25) is 9.89 Å². The van der Waals surface area contributed by atoms with Gasteiger partial charge in [-0.1, -0.05) is 12.8 Å². The summed E-state index contributed by atoms with van der Waals surface area (Å²) in [6, 6.07) is -0.201. The fourth-order valence-corrected chi connectivity index (χ4v) is 1.89. The van der Waals surface area contributed by atoms with Crippen molar-refractivity contribution in [2.75, 3.05) is 5.73 Å². The van der Waals surface area contributed by atoms with Gasteiger partial charge in [-0.25, -0.2) is 0 Å². The molecular weight excluding hydrogens is 210 g/mol. The second-order valence-corrected chi connectivity index (χ2v) is 3.97. The molecule has 0 spiro atoms. The van der Waals surface area contributed by atoms with E-state index in [2.05, 4.69) is 20.5 Å². The van der Waals surface area contributed by atoms with Gasteiger partial charge in [-0.15, -0.1) is 5.10 Å². The summed E-state index contributed by atoms with van der Waals surface area (Å²) < 4.78 is 0. The highest BCUT2D eigenvalue weighted by molar-refractivity contribution is 5.90. The maximum atomic E-state index is 11.7. The summed E-state index contributed by atoms with van der Waals surface area (Å²) in [5.74, 6) is -0.264. The van der Waals surface area contributed by atoms with Gasteiger partial charge in [0.25, 0.3) is 5.91 Å². The fraction of sp³-hybridized carbons (Fsp3) is 0.667. The molecule has 0 bridgehead atoms. The fourth-order valence-electron chi connectivity index (χ4n) is 1.89. The predicted molar refractivity (Wildman–Crippen MR) is 56.5 cm³/mol. The smallest absolute Gasteiger partial charge is 0.288 e. The molecule has 1 fully saturated rings. The van der Waals surface area contributed by atoms with E-state index in [1.807, 2.05) is 0 Å². The van der Waals surface area contributed by atoms with Gasteiger partial charge in [-0.2, -0.15) is 4.98 Å². The number of nitrogens with two attached hydrogens (primary N) is 1. The molecule has 0 saturated heterocycles. The number of nitrogen functional groups attached to an aromatic ring is 1. The van der Waals surface area contributed by atoms with E-state index in [1.165, 1.54) is 0 Å². The summed E-state index contributed by atoms with van der Waals surface area (Å²) in [7, 11) is 0. The van der Waals surface area contributed by atoms with Gasteiger partial charge < -0.3 is 16.2 Å². The van der Waals surface area contributed by atoms with Crippen molar-refractivity contribution >= 4 is 11.9 Å². The maximum absolute atomic E-state index is 11.7. The van der Waals surface area contributed by atoms with Crippen molar-refractivity contribution in [1.29, 1.82) is 0 Å². The lowest BCUT2D eigenvalue weighted by Gasteiger charge is -2.27. The molecule has 88 valence electrons. The van der Waals surface area contributed by atoms with Crippen LogP contribution in [0, 0.1) is 0 Å². The molecule has 2 rings (SSSR count). The largest absolute Gasteiger partial charge is 0.391 e. The maximum Gasteiger partial charge on any atom is 0.288 e. The van der Waals surface area contributed by atoms with Crippen molar-refractivity contribution in [3.8, 4) is 0 Å². The summed E-state index contributed by atoms with van der Waals surface area (Å²) in [6.07, 6.45) is 3.06. The van der Waals surface area contributed by atoms with Crippen LogP contribution in [0.3, 0.4) is 0 Å². The zero-order chi connectivity index (χ0) is 11.5. The Morgan fingerprint density at radius 1 is 1.50 bits per heavy atom. The SMILES string of the molecule is Nc1n[nH]c(C(=O)NC2CCCCC2O)n1. The third-order valence-corrected chi connectivity index (χ3v) is 2.76. The number of rotatable bonds is 2. The molecular formula is C9H15N5O2. The molecule has 0 radical (unpaired) electrons. The number of aliphatic hydroxyl groups is 1. The molecule has 1 heterocycles. The monoisotopic (exact) mass is 225 g/mol. The van der Waals surface area contributed by atoms with Crippen LogP contribution >= 0.6 is 0 Å². The molecule has 1 aliphatic carbocycles. The number of nitrogens with one attached hydrogen (secondary N) is 2. The Bertz CT molecular complexity index is 378. The number of carbonyl (C=O) groups is 1. The molecule has 5 N–H and O–H groups in total. The lowest BCUT2D eigenvalue weighted by molar-refractivity contribution is 0.0710. The van der Waals surface area contributed by atoms with Gasteiger partial charge >= 0.3 is 0 Å². The molecule has 16 heavy (non-hydrogen) atoms. The Balaban J connectivity index is 1.96. The number of aliphatic hydroxyl groups excluding tert-OH is 1. The Kier molecular flexibility index (Phi) is 3.04. The molecule has 2 unspecified atom stereocenters. The van der Waals surface area contributed by atoms with E-state index in [9.17, 15) is 9.90 Å². The Labute approximate surface area is 92.4 Å². The van der Waals surface area contributed by atoms with Crippen LogP contribution in [-0.4, -0.2) is 38.3 Å². The highest BCUT2D eigenvalue weighted by atomic mass is 16.3. The molecule has 1 aliphatic rings. The standard InChI is InChI=1S/C9H15N5O2/c10-9-12-7(13-14-9)8(16)11-5-3-1-2-4-6(5)15/h5-6,15H,1-4H2,(H,11,16)(H3,10,12,13,14). The van der Waals surface area contributed by atoms with E-state index in [0.717, 1.165) is 25.7 Å². The van der Waals surface area contributed by atoms with Crippen molar-refractivity contribution in [2.24, 2.45) is 0 Å². The van der Waals surface area contributed by atoms with E-state index in [-0.39, 0.29) is 23.7 Å². The third-order valence-electron chi connectivity index (χ3n) is 2.76. The number of hydrogen-bond acceptors (Lipinski definition) is 5. The summed E-state index contributed by atoms with van der Waals surface area (Å²) in [5.41, 5.74) is 5.29. The van der Waals surface area contributed by atoms with Crippen molar-refractivity contribution in [3.63, 3.8) is 0 Å². The zero-order valence-electron chi connectivity index (χ0n) is 8.81. The first kappa shape index (κ1) is 10.9. The number of nitrogens with zero attached hydrogens (tertiary/aromatic N) is 2. The van der Waals surface area contributed by atoms with E-state index in [0.29, 0.717) is 0 Å². The third kappa shape index (κ3) is 2.30. The van der Waals surface area contributed by atoms with Gasteiger partial charge in [0.2, 0.25) is 11.8 Å². The predicted octanol–water partition coefficient (Wildman–Crippen LogP) is -0.580. The van der Waals surface area contributed by atoms with Gasteiger partial charge in [0.1, 0.15) is 0 Å². The number of hydrogen-bond donors (Lipinski definition) is 4. The lowest BCUT2D eigenvalue weighted by atomic mass is 9.92. The molecule has 0 aromatic carbocycles. The van der Waals surface area contributed by atoms with Crippen molar-refractivity contribution < 1.29 is 9.90 Å². The topological polar surface area (TPSA) is 117 Å². The minimum atomic E-state index is -0.474. The molecule has 1 aromatic rings. The van der Waals surface area contributed by atoms with Crippen LogP contribution in [-0.2, 0) is 0 Å². The number of amides is 1. The van der Waals surface area contributed by atoms with Crippen LogP contribution < -0.4 is 11.1 Å². The van der Waals surface area contributed by atoms with E-state index < -0.39 is 6.10 Å². The number of H-pyrrole nitrogens is 1. The van der Waals surface area contributed by atoms with Crippen LogP contribution in [0.5, 0.6) is 0 Å². The molecule has 1 amide bonds. The van der Waals surface area contributed by atoms with Gasteiger partial charge in [-0.05, 0) is 12.8 Å². The van der Waals surface area contributed by atoms with Crippen molar-refractivity contribution in [1.82, 2.24) is 20.5 Å². The van der Waals surface area contributed by atoms with Gasteiger partial charge in [0.15, 0.2) is 0 Å². The quantitative estimate of drug-likeness (QED) is 0.537. The average Bonchev–Trinajstić information content (AvgIpc) is 2.68. The first-order valence-electron chi connectivity index (χ1n) is 5.33. The van der Waals surface area contributed by atoms with E-state index >= 15 is 0 Å². The number of aromatic amines is 1. The Hall–Kier alpha value is -1.63. The Morgan fingerprint density at radius 2 is 2.25 bits per heavy atom. The van der Waals surface area contributed by atoms with Crippen LogP contribution in [0.25, 0.3) is 0 Å². The zero-order valence-corrected chi connectivity index (χ0v) is 8.81. The van der Waals surface area contributed by atoms with Crippen LogP contribution in [0.4, 0.5) is 5.95 Å². The second-order valence-electron chi connectivity index (χ2n) is 3.97. The Morgan fingerprint density at radius 3 is 2.88 bits per heavy atom. The minimum Gasteiger partial charge on any atom is -0.391 e. The second kappa shape index (κ2) is 4.48. The summed E-state index contributed by atoms with van der Waals surface area (Å²) in [5, 5.41) is 18.4. The minimum absolute atomic E-state index is 0.0364. The number of anilines is 1. The number of carbonyl (C=O) groups excluding carboxylic acids is 1. The van der Waals surface area contributed by atoms with Crippen LogP contribution in [0.1, 0.15) is 36.3 Å². The molecule has 1 saturated carbocycles. The highest BCUT2D eigenvalue weighted by Crippen LogP contribution is 2.18. The van der Waals surface area contributed by atoms with E-state index in [1.54, 1.807) is 0 Å². The van der Waals surface area contributed by atoms with Crippen molar-refractivity contribution in [2.45, 2.75) is 37.8 Å². The van der Waals surface area contributed by atoms with Crippen LogP contribution in [0.15, 0.2) is 0 Å². The van der Waals surface area contributed by atoms with Crippen LogP contribution in [0.2, 0.25) is 0 Å². The molecule has 7 nitrogen and oxygen atoms in total. The molecule has 7 heteroatoms. The molecule has 2 atom stereocenters. The highest BCUT2D eigenvalue weighted by Gasteiger charge is 2.25. The first-order valence-corrected chi connectivity index (χ1v) is 5.33. The molecule has 0 aliphatic heterocycles. The van der Waals surface area contributed by atoms with Gasteiger partial charge in [0.05, 0.1) is 12.1 Å². The summed E-state index contributed by atoms with van der Waals surface area (Å²) in [4.78, 5) is 15.4. The van der Waals surface area contributed by atoms with Gasteiger partial charge in [0, 0.05) is 0 Å². The summed E-state index contributed by atoms with van der Waals surface area (Å²) in [6.45, 7) is 0. The van der Waals surface area contributed by atoms with Crippen molar-refractivity contribution in [3.05, 3.63) is 5.82 Å². The first-order chi connectivity index (χ1) is 7.66. The molecule has 1 aromatic heterocycles. The normalized spacial score (nSPS) is 25.3.